The van der Waals surface area contributed by atoms with E-state index in [1.165, 1.54) is 0 Å². The lowest BCUT2D eigenvalue weighted by Gasteiger charge is -2.37. The van der Waals surface area contributed by atoms with E-state index in [0.29, 0.717) is 44.0 Å². The number of Topliss-reactive ketones (excluding diaryl/α,β-unsaturated/α-hetero) is 1. The third kappa shape index (κ3) is 3.16. The first-order valence-corrected chi connectivity index (χ1v) is 11.4. The minimum atomic E-state index is -1.53. The van der Waals surface area contributed by atoms with Gasteiger partial charge in [0.15, 0.2) is 5.78 Å². The molecule has 0 saturated heterocycles. The Morgan fingerprint density at radius 3 is 2.42 bits per heavy atom. The summed E-state index contributed by atoms with van der Waals surface area (Å²) in [6.45, 7) is 1.87. The van der Waals surface area contributed by atoms with Crippen LogP contribution >= 0.6 is 22.9 Å². The zero-order valence-corrected chi connectivity index (χ0v) is 19.2. The van der Waals surface area contributed by atoms with E-state index >= 15 is 0 Å². The number of benzene rings is 3. The summed E-state index contributed by atoms with van der Waals surface area (Å²) in [5.41, 5.74) is 20.7. The smallest absolute Gasteiger partial charge is 0.262 e. The van der Waals surface area contributed by atoms with Gasteiger partial charge in [-0.25, -0.2) is 0 Å². The topological polar surface area (TPSA) is 121 Å². The molecule has 3 aromatic carbocycles. The predicted octanol–water partition coefficient (Wildman–Crippen LogP) is 4.75. The number of ketones is 1. The molecule has 5 rings (SSSR count). The Hall–Kier alpha value is -3.23. The number of carbonyl (C=O) groups is 2. The molecule has 6 nitrogen and oxygen atoms in total. The van der Waals surface area contributed by atoms with Gasteiger partial charge >= 0.3 is 0 Å². The van der Waals surface area contributed by atoms with Gasteiger partial charge in [-0.05, 0) is 65.5 Å². The maximum atomic E-state index is 13.7. The van der Waals surface area contributed by atoms with Crippen LogP contribution in [0, 0.1) is 6.92 Å². The molecule has 166 valence electrons. The minimum absolute atomic E-state index is 0.219. The Bertz CT molecular complexity index is 1450. The SMILES string of the molecule is Cc1cc(Oc2ccccc2)ccc1C1(N)C(=O)C(N)c2c(C(=O)Cl)sc3c(N)ccc1c23. The maximum Gasteiger partial charge on any atom is 0.262 e. The lowest BCUT2D eigenvalue weighted by atomic mass is 9.69. The van der Waals surface area contributed by atoms with E-state index in [1.54, 1.807) is 24.3 Å². The van der Waals surface area contributed by atoms with Crippen LogP contribution < -0.4 is 21.9 Å². The second-order valence-corrected chi connectivity index (χ2v) is 9.43. The van der Waals surface area contributed by atoms with Crippen LogP contribution in [-0.2, 0) is 10.3 Å². The molecule has 2 atom stereocenters. The number of rotatable bonds is 4. The molecule has 8 heteroatoms. The van der Waals surface area contributed by atoms with Crippen molar-refractivity contribution in [2.45, 2.75) is 18.5 Å². The molecule has 2 unspecified atom stereocenters. The predicted molar refractivity (Wildman–Crippen MR) is 131 cm³/mol. The van der Waals surface area contributed by atoms with E-state index in [1.807, 2.05) is 43.3 Å². The monoisotopic (exact) mass is 477 g/mol. The first-order chi connectivity index (χ1) is 15.7. The van der Waals surface area contributed by atoms with Gasteiger partial charge in [-0.2, -0.15) is 0 Å². The highest BCUT2D eigenvalue weighted by molar-refractivity contribution is 7.23. The fraction of sp³-hybridized carbons (Fsp3) is 0.120. The van der Waals surface area contributed by atoms with Crippen LogP contribution in [0.4, 0.5) is 5.69 Å². The number of hydrogen-bond acceptors (Lipinski definition) is 7. The van der Waals surface area contributed by atoms with E-state index in [-0.39, 0.29) is 4.88 Å². The van der Waals surface area contributed by atoms with Gasteiger partial charge < -0.3 is 21.9 Å². The standard InChI is InChI=1S/C25H20ClN3O3S/c1-12-11-14(32-13-5-3-2-4-6-13)7-8-15(12)25(29)16-9-10-17(27)21-18(16)19(20(28)23(25)30)22(33-21)24(26)31/h2-11,20H,27-29H2,1H3. The fourth-order valence-electron chi connectivity index (χ4n) is 4.57. The molecule has 0 fully saturated rings. The number of hydrogen-bond donors (Lipinski definition) is 3. The molecule has 1 heterocycles. The van der Waals surface area contributed by atoms with Crippen molar-refractivity contribution in [3.63, 3.8) is 0 Å². The van der Waals surface area contributed by atoms with Crippen LogP contribution in [0.2, 0.25) is 0 Å². The zero-order chi connectivity index (χ0) is 23.5. The van der Waals surface area contributed by atoms with Crippen molar-refractivity contribution in [2.24, 2.45) is 11.5 Å². The summed E-state index contributed by atoms with van der Waals surface area (Å²) in [5, 5.41) is -0.0504. The number of ether oxygens (including phenoxy) is 1. The largest absolute Gasteiger partial charge is 0.457 e. The molecular formula is C25H20ClN3O3S. The highest BCUT2D eigenvalue weighted by Crippen LogP contribution is 2.50. The van der Waals surface area contributed by atoms with E-state index in [9.17, 15) is 9.59 Å². The zero-order valence-electron chi connectivity index (χ0n) is 17.6. The van der Waals surface area contributed by atoms with Gasteiger partial charge in [0.2, 0.25) is 0 Å². The van der Waals surface area contributed by atoms with Crippen LogP contribution in [0.15, 0.2) is 60.7 Å². The summed E-state index contributed by atoms with van der Waals surface area (Å²) in [6, 6.07) is 17.1. The molecule has 0 bridgehead atoms. The van der Waals surface area contributed by atoms with E-state index in [0.717, 1.165) is 16.9 Å². The average Bonchev–Trinajstić information content (AvgIpc) is 3.20. The third-order valence-corrected chi connectivity index (χ3v) is 7.65. The summed E-state index contributed by atoms with van der Waals surface area (Å²) >= 11 is 6.95. The second kappa shape index (κ2) is 7.67. The average molecular weight is 478 g/mol. The van der Waals surface area contributed by atoms with Crippen LogP contribution in [0.1, 0.15) is 38.0 Å². The minimum Gasteiger partial charge on any atom is -0.457 e. The van der Waals surface area contributed by atoms with Gasteiger partial charge in [-0.15, -0.1) is 11.3 Å². The normalized spacial score (nSPS) is 19.6. The van der Waals surface area contributed by atoms with Gasteiger partial charge in [-0.1, -0.05) is 30.3 Å². The van der Waals surface area contributed by atoms with Crippen molar-refractivity contribution in [1.29, 1.82) is 0 Å². The van der Waals surface area contributed by atoms with Gasteiger partial charge in [0.25, 0.3) is 5.24 Å². The van der Waals surface area contributed by atoms with Crippen LogP contribution in [0.3, 0.4) is 0 Å². The number of anilines is 1. The molecular weight excluding hydrogens is 458 g/mol. The molecule has 0 amide bonds. The van der Waals surface area contributed by atoms with E-state index < -0.39 is 22.6 Å². The molecule has 0 radical (unpaired) electrons. The van der Waals surface area contributed by atoms with Crippen LogP contribution in [-0.4, -0.2) is 11.0 Å². The summed E-state index contributed by atoms with van der Waals surface area (Å²) in [5.74, 6) is 0.898. The number of nitrogens with two attached hydrogens (primary N) is 3. The van der Waals surface area contributed by atoms with Gasteiger partial charge in [0.1, 0.15) is 17.0 Å². The Kier molecular flexibility index (Phi) is 5.02. The number of halogens is 1. The van der Waals surface area contributed by atoms with Gasteiger partial charge in [0, 0.05) is 16.6 Å². The molecule has 4 aromatic rings. The first kappa shape index (κ1) is 21.6. The summed E-state index contributed by atoms with van der Waals surface area (Å²) in [6.07, 6.45) is 0. The van der Waals surface area contributed by atoms with E-state index in [2.05, 4.69) is 0 Å². The van der Waals surface area contributed by atoms with Crippen molar-refractivity contribution < 1.29 is 14.3 Å². The number of thiophene rings is 1. The second-order valence-electron chi connectivity index (χ2n) is 8.07. The molecule has 33 heavy (non-hydrogen) atoms. The lowest BCUT2D eigenvalue weighted by molar-refractivity contribution is -0.124. The summed E-state index contributed by atoms with van der Waals surface area (Å²) < 4.78 is 6.57. The van der Waals surface area contributed by atoms with Crippen molar-refractivity contribution >= 4 is 49.7 Å². The Morgan fingerprint density at radius 2 is 1.76 bits per heavy atom. The van der Waals surface area contributed by atoms with Crippen molar-refractivity contribution in [2.75, 3.05) is 5.73 Å². The number of carbonyl (C=O) groups excluding carboxylic acids is 2. The third-order valence-electron chi connectivity index (χ3n) is 6.09. The Balaban J connectivity index is 1.70. The summed E-state index contributed by atoms with van der Waals surface area (Å²) in [4.78, 5) is 26.0. The molecule has 1 aliphatic carbocycles. The van der Waals surface area contributed by atoms with Crippen molar-refractivity contribution in [3.8, 4) is 11.5 Å². The molecule has 0 spiro atoms. The quantitative estimate of drug-likeness (QED) is 0.288. The Morgan fingerprint density at radius 1 is 1.06 bits per heavy atom. The Labute approximate surface area is 198 Å². The molecule has 0 saturated carbocycles. The van der Waals surface area contributed by atoms with Crippen molar-refractivity contribution in [1.82, 2.24) is 0 Å². The molecule has 0 aliphatic heterocycles. The number of para-hydroxylation sites is 1. The van der Waals surface area contributed by atoms with E-state index in [4.69, 9.17) is 33.5 Å². The molecule has 1 aliphatic rings. The fourth-order valence-corrected chi connectivity index (χ4v) is 5.92. The highest BCUT2D eigenvalue weighted by atomic mass is 35.5. The van der Waals surface area contributed by atoms with Gasteiger partial charge in [0.05, 0.1) is 15.6 Å². The van der Waals surface area contributed by atoms with Crippen molar-refractivity contribution in [3.05, 3.63) is 87.8 Å². The first-order valence-electron chi connectivity index (χ1n) is 10.2. The number of nitrogen functional groups attached to an aromatic ring is 1. The van der Waals surface area contributed by atoms with Crippen LogP contribution in [0.25, 0.3) is 10.1 Å². The molecule has 6 N–H and O–H groups in total. The lowest BCUT2D eigenvalue weighted by Crippen LogP contribution is -2.52. The number of aryl methyl sites for hydroxylation is 1. The van der Waals surface area contributed by atoms with Gasteiger partial charge in [-0.3, -0.25) is 9.59 Å². The maximum absolute atomic E-state index is 13.7. The molecule has 1 aromatic heterocycles. The highest BCUT2D eigenvalue weighted by Gasteiger charge is 2.49. The van der Waals surface area contributed by atoms with Crippen LogP contribution in [0.5, 0.6) is 11.5 Å². The summed E-state index contributed by atoms with van der Waals surface area (Å²) in [7, 11) is 0.